The van der Waals surface area contributed by atoms with Crippen molar-refractivity contribution >= 4 is 0 Å². The monoisotopic (exact) mass is 344 g/mol. The van der Waals surface area contributed by atoms with Gasteiger partial charge in [-0.15, -0.1) is 0 Å². The standard InChI is InChI=1S/C20H28N2O3/c1-4-16-13-19(25-21-16)17-8-7-11-22(17)14-15-9-10-18(23-5-2)20(12-15)24-6-3/h9-10,12-13,17H,4-8,11,14H2,1-3H3/t17-/m0/s1. The lowest BCUT2D eigenvalue weighted by Crippen LogP contribution is -2.22. The van der Waals surface area contributed by atoms with Gasteiger partial charge < -0.3 is 14.0 Å². The predicted octanol–water partition coefficient (Wildman–Crippen LogP) is 4.37. The Morgan fingerprint density at radius 1 is 1.12 bits per heavy atom. The Bertz CT molecular complexity index is 683. The lowest BCUT2D eigenvalue weighted by atomic mass is 10.1. The zero-order valence-corrected chi connectivity index (χ0v) is 15.5. The molecule has 5 nitrogen and oxygen atoms in total. The van der Waals surface area contributed by atoms with Crippen LogP contribution in [-0.2, 0) is 13.0 Å². The number of ether oxygens (including phenoxy) is 2. The van der Waals surface area contributed by atoms with Gasteiger partial charge in [-0.05, 0) is 57.4 Å². The third kappa shape index (κ3) is 4.15. The van der Waals surface area contributed by atoms with E-state index in [4.69, 9.17) is 14.0 Å². The minimum Gasteiger partial charge on any atom is -0.490 e. The van der Waals surface area contributed by atoms with Crippen molar-refractivity contribution in [2.45, 2.75) is 52.6 Å². The SMILES string of the molecule is CCOc1ccc(CN2CCC[C@H]2c2cc(CC)no2)cc1OCC. The fraction of sp³-hybridized carbons (Fsp3) is 0.550. The minimum atomic E-state index is 0.315. The molecule has 0 bridgehead atoms. The van der Waals surface area contributed by atoms with E-state index in [1.807, 2.05) is 19.9 Å². The Morgan fingerprint density at radius 2 is 1.92 bits per heavy atom. The maximum absolute atomic E-state index is 5.75. The second-order valence-electron chi connectivity index (χ2n) is 6.35. The Hall–Kier alpha value is -2.01. The summed E-state index contributed by atoms with van der Waals surface area (Å²) in [5.74, 6) is 2.63. The third-order valence-electron chi connectivity index (χ3n) is 4.62. The van der Waals surface area contributed by atoms with Crippen molar-refractivity contribution in [2.24, 2.45) is 0 Å². The van der Waals surface area contributed by atoms with E-state index in [2.05, 4.69) is 35.2 Å². The highest BCUT2D eigenvalue weighted by molar-refractivity contribution is 5.43. The van der Waals surface area contributed by atoms with Crippen molar-refractivity contribution in [3.8, 4) is 11.5 Å². The van der Waals surface area contributed by atoms with Crippen molar-refractivity contribution in [1.82, 2.24) is 10.1 Å². The first-order valence-electron chi connectivity index (χ1n) is 9.33. The van der Waals surface area contributed by atoms with Crippen LogP contribution >= 0.6 is 0 Å². The zero-order valence-electron chi connectivity index (χ0n) is 15.5. The maximum Gasteiger partial charge on any atom is 0.161 e. The summed E-state index contributed by atoms with van der Waals surface area (Å²) in [5.41, 5.74) is 2.26. The van der Waals surface area contributed by atoms with Crippen molar-refractivity contribution < 1.29 is 14.0 Å². The molecule has 2 aromatic rings. The van der Waals surface area contributed by atoms with E-state index in [0.717, 1.165) is 48.9 Å². The Kier molecular flexibility index (Phi) is 5.97. The number of hydrogen-bond donors (Lipinski definition) is 0. The van der Waals surface area contributed by atoms with Gasteiger partial charge in [0.1, 0.15) is 0 Å². The number of aryl methyl sites for hydroxylation is 1. The van der Waals surface area contributed by atoms with Crippen molar-refractivity contribution in [3.63, 3.8) is 0 Å². The quantitative estimate of drug-likeness (QED) is 0.711. The van der Waals surface area contributed by atoms with Crippen LogP contribution in [0, 0.1) is 0 Å². The molecule has 0 radical (unpaired) electrons. The molecular weight excluding hydrogens is 316 g/mol. The van der Waals surface area contributed by atoms with Gasteiger partial charge >= 0.3 is 0 Å². The van der Waals surface area contributed by atoms with Gasteiger partial charge in [0.2, 0.25) is 0 Å². The number of aromatic nitrogens is 1. The molecule has 1 aliphatic rings. The molecule has 1 atom stereocenters. The van der Waals surface area contributed by atoms with Gasteiger partial charge in [-0.25, -0.2) is 0 Å². The normalized spacial score (nSPS) is 17.8. The lowest BCUT2D eigenvalue weighted by molar-refractivity contribution is 0.206. The van der Waals surface area contributed by atoms with Crippen LogP contribution in [-0.4, -0.2) is 29.8 Å². The Labute approximate surface area is 149 Å². The van der Waals surface area contributed by atoms with Gasteiger partial charge in [-0.1, -0.05) is 18.1 Å². The molecule has 5 heteroatoms. The fourth-order valence-electron chi connectivity index (χ4n) is 3.42. The van der Waals surface area contributed by atoms with Crippen LogP contribution in [0.15, 0.2) is 28.8 Å². The second-order valence-corrected chi connectivity index (χ2v) is 6.35. The Balaban J connectivity index is 1.75. The highest BCUT2D eigenvalue weighted by Gasteiger charge is 2.29. The zero-order chi connectivity index (χ0) is 17.6. The molecule has 25 heavy (non-hydrogen) atoms. The van der Waals surface area contributed by atoms with Gasteiger partial charge in [-0.3, -0.25) is 4.90 Å². The molecular formula is C20H28N2O3. The summed E-state index contributed by atoms with van der Waals surface area (Å²) >= 11 is 0. The van der Waals surface area contributed by atoms with Crippen LogP contribution in [0.3, 0.4) is 0 Å². The molecule has 0 spiro atoms. The molecule has 0 amide bonds. The molecule has 0 N–H and O–H groups in total. The van der Waals surface area contributed by atoms with E-state index in [9.17, 15) is 0 Å². The summed E-state index contributed by atoms with van der Waals surface area (Å²) in [6.07, 6.45) is 3.21. The first-order valence-corrected chi connectivity index (χ1v) is 9.33. The van der Waals surface area contributed by atoms with E-state index in [0.29, 0.717) is 19.3 Å². The summed E-state index contributed by atoms with van der Waals surface area (Å²) in [6, 6.07) is 8.66. The second kappa shape index (κ2) is 8.39. The molecule has 1 fully saturated rings. The van der Waals surface area contributed by atoms with E-state index >= 15 is 0 Å². The first-order chi connectivity index (χ1) is 12.2. The summed E-state index contributed by atoms with van der Waals surface area (Å²) in [6.45, 7) is 9.30. The molecule has 1 saturated heterocycles. The van der Waals surface area contributed by atoms with E-state index in [1.165, 1.54) is 12.0 Å². The average molecular weight is 344 g/mol. The molecule has 0 saturated carbocycles. The molecule has 3 rings (SSSR count). The Morgan fingerprint density at radius 3 is 2.64 bits per heavy atom. The number of rotatable bonds is 8. The minimum absolute atomic E-state index is 0.315. The number of nitrogens with zero attached hydrogens (tertiary/aromatic N) is 2. The summed E-state index contributed by atoms with van der Waals surface area (Å²) in [4.78, 5) is 2.46. The average Bonchev–Trinajstić information content (AvgIpc) is 3.26. The van der Waals surface area contributed by atoms with Crippen molar-refractivity contribution in [3.05, 3.63) is 41.3 Å². The number of hydrogen-bond acceptors (Lipinski definition) is 5. The van der Waals surface area contributed by atoms with Gasteiger partial charge in [0, 0.05) is 12.6 Å². The van der Waals surface area contributed by atoms with E-state index < -0.39 is 0 Å². The molecule has 1 aromatic carbocycles. The number of likely N-dealkylation sites (tertiary alicyclic amines) is 1. The smallest absolute Gasteiger partial charge is 0.161 e. The molecule has 0 aliphatic carbocycles. The largest absolute Gasteiger partial charge is 0.490 e. The van der Waals surface area contributed by atoms with Crippen LogP contribution < -0.4 is 9.47 Å². The molecule has 1 aromatic heterocycles. The molecule has 1 aliphatic heterocycles. The van der Waals surface area contributed by atoms with E-state index in [1.54, 1.807) is 0 Å². The van der Waals surface area contributed by atoms with E-state index in [-0.39, 0.29) is 0 Å². The van der Waals surface area contributed by atoms with Crippen LogP contribution in [0.5, 0.6) is 11.5 Å². The summed E-state index contributed by atoms with van der Waals surface area (Å²) in [7, 11) is 0. The number of benzene rings is 1. The van der Waals surface area contributed by atoms with Crippen LogP contribution in [0.1, 0.15) is 56.7 Å². The molecule has 0 unspecified atom stereocenters. The van der Waals surface area contributed by atoms with Gasteiger partial charge in [0.25, 0.3) is 0 Å². The van der Waals surface area contributed by atoms with Crippen LogP contribution in [0.2, 0.25) is 0 Å². The van der Waals surface area contributed by atoms with Gasteiger partial charge in [0.15, 0.2) is 17.3 Å². The summed E-state index contributed by atoms with van der Waals surface area (Å²) in [5, 5.41) is 4.15. The third-order valence-corrected chi connectivity index (χ3v) is 4.62. The topological polar surface area (TPSA) is 47.7 Å². The van der Waals surface area contributed by atoms with Crippen LogP contribution in [0.4, 0.5) is 0 Å². The molecule has 2 heterocycles. The lowest BCUT2D eigenvalue weighted by Gasteiger charge is -2.23. The highest BCUT2D eigenvalue weighted by atomic mass is 16.5. The first kappa shape index (κ1) is 17.8. The predicted molar refractivity (Wildman–Crippen MR) is 97.0 cm³/mol. The van der Waals surface area contributed by atoms with Gasteiger partial charge in [-0.2, -0.15) is 0 Å². The van der Waals surface area contributed by atoms with Crippen molar-refractivity contribution in [1.29, 1.82) is 0 Å². The van der Waals surface area contributed by atoms with Gasteiger partial charge in [0.05, 0.1) is 24.9 Å². The highest BCUT2D eigenvalue weighted by Crippen LogP contribution is 2.35. The molecule has 136 valence electrons. The van der Waals surface area contributed by atoms with Crippen molar-refractivity contribution in [2.75, 3.05) is 19.8 Å². The summed E-state index contributed by atoms with van der Waals surface area (Å²) < 4.78 is 17.0. The van der Waals surface area contributed by atoms with Crippen LogP contribution in [0.25, 0.3) is 0 Å². The maximum atomic E-state index is 5.75. The fourth-order valence-corrected chi connectivity index (χ4v) is 3.42.